The van der Waals surface area contributed by atoms with Crippen LogP contribution in [0.3, 0.4) is 0 Å². The monoisotopic (exact) mass is 267 g/mol. The number of hydrogen-bond donors (Lipinski definition) is 3. The number of hydrogen-bond acceptors (Lipinski definition) is 4. The van der Waals surface area contributed by atoms with E-state index in [-0.39, 0.29) is 19.6 Å². The Morgan fingerprint density at radius 2 is 1.95 bits per heavy atom. The molecule has 0 saturated carbocycles. The molecule has 19 heavy (non-hydrogen) atoms. The zero-order valence-electron chi connectivity index (χ0n) is 10.6. The van der Waals surface area contributed by atoms with Crippen LogP contribution in [0.1, 0.15) is 12.0 Å². The number of benzene rings is 1. The number of carboxylic acids is 1. The Bertz CT molecular complexity index is 429. The average Bonchev–Trinajstić information content (AvgIpc) is 2.37. The molecule has 0 spiro atoms. The number of aliphatic hydroxyl groups is 1. The number of nitrogens with one attached hydrogen (secondary N) is 1. The molecule has 0 fully saturated rings. The van der Waals surface area contributed by atoms with Gasteiger partial charge < -0.3 is 20.3 Å². The van der Waals surface area contributed by atoms with E-state index < -0.39 is 17.9 Å². The van der Waals surface area contributed by atoms with Crippen LogP contribution in [0.2, 0.25) is 0 Å². The second kappa shape index (κ2) is 7.38. The number of carboxylic acid groups (broad SMARTS) is 1. The Hall–Kier alpha value is -2.08. The van der Waals surface area contributed by atoms with Gasteiger partial charge >= 0.3 is 5.97 Å². The molecule has 3 N–H and O–H groups in total. The molecule has 1 aromatic rings. The van der Waals surface area contributed by atoms with Crippen LogP contribution in [-0.4, -0.2) is 41.3 Å². The molecular weight excluding hydrogens is 250 g/mol. The summed E-state index contributed by atoms with van der Waals surface area (Å²) in [6.45, 7) is 1.36. The smallest absolute Gasteiger partial charge is 0.326 e. The first-order chi connectivity index (χ1) is 9.02. The maximum absolute atomic E-state index is 11.5. The van der Waals surface area contributed by atoms with Gasteiger partial charge in [0.1, 0.15) is 11.8 Å². The third-order valence-electron chi connectivity index (χ3n) is 2.44. The molecule has 0 saturated heterocycles. The van der Waals surface area contributed by atoms with E-state index >= 15 is 0 Å². The van der Waals surface area contributed by atoms with Crippen LogP contribution in [0.5, 0.6) is 5.75 Å². The molecule has 0 aliphatic rings. The molecule has 6 heteroatoms. The van der Waals surface area contributed by atoms with Crippen molar-refractivity contribution in [3.63, 3.8) is 0 Å². The number of amides is 1. The minimum absolute atomic E-state index is 0.0361. The highest BCUT2D eigenvalue weighted by atomic mass is 16.5. The van der Waals surface area contributed by atoms with E-state index in [4.69, 9.17) is 14.9 Å². The lowest BCUT2D eigenvalue weighted by atomic mass is 10.2. The molecule has 6 nitrogen and oxygen atoms in total. The van der Waals surface area contributed by atoms with Gasteiger partial charge in [-0.3, -0.25) is 4.79 Å². The summed E-state index contributed by atoms with van der Waals surface area (Å²) in [6, 6.07) is 6.05. The molecule has 104 valence electrons. The Morgan fingerprint density at radius 1 is 1.32 bits per heavy atom. The second-order valence-electron chi connectivity index (χ2n) is 4.07. The van der Waals surface area contributed by atoms with Crippen LogP contribution < -0.4 is 10.1 Å². The Labute approximate surface area is 111 Å². The first-order valence-corrected chi connectivity index (χ1v) is 5.85. The highest BCUT2D eigenvalue weighted by Crippen LogP contribution is 2.10. The minimum Gasteiger partial charge on any atom is -0.484 e. The fourth-order valence-electron chi connectivity index (χ4n) is 1.41. The number of aliphatic hydroxyl groups excluding tert-OH is 1. The standard InChI is InChI=1S/C13H17NO5/c1-9-2-4-10(5-3-9)19-8-12(16)14-11(6-7-15)13(17)18/h2-5,11,15H,6-8H2,1H3,(H,14,16)(H,17,18)/t11-/m0/s1. The Morgan fingerprint density at radius 3 is 2.47 bits per heavy atom. The predicted molar refractivity (Wildman–Crippen MR) is 67.9 cm³/mol. The van der Waals surface area contributed by atoms with Gasteiger partial charge in [-0.1, -0.05) is 17.7 Å². The zero-order chi connectivity index (χ0) is 14.3. The maximum Gasteiger partial charge on any atom is 0.326 e. The SMILES string of the molecule is Cc1ccc(OCC(=O)N[C@@H](CCO)C(=O)O)cc1. The van der Waals surface area contributed by atoms with Crippen molar-refractivity contribution in [3.8, 4) is 5.75 Å². The van der Waals surface area contributed by atoms with Crippen molar-refractivity contribution in [3.05, 3.63) is 29.8 Å². The van der Waals surface area contributed by atoms with Crippen LogP contribution in [0.15, 0.2) is 24.3 Å². The van der Waals surface area contributed by atoms with E-state index in [1.54, 1.807) is 12.1 Å². The van der Waals surface area contributed by atoms with Crippen molar-refractivity contribution >= 4 is 11.9 Å². The molecule has 1 rings (SSSR count). The molecule has 0 bridgehead atoms. The summed E-state index contributed by atoms with van der Waals surface area (Å²) >= 11 is 0. The number of carbonyl (C=O) groups is 2. The first kappa shape index (κ1) is 15.0. The lowest BCUT2D eigenvalue weighted by molar-refractivity contribution is -0.142. The number of aliphatic carboxylic acids is 1. The fourth-order valence-corrected chi connectivity index (χ4v) is 1.41. The summed E-state index contributed by atoms with van der Waals surface area (Å²) in [4.78, 5) is 22.3. The third-order valence-corrected chi connectivity index (χ3v) is 2.44. The van der Waals surface area contributed by atoms with Gasteiger partial charge in [0.15, 0.2) is 6.61 Å². The maximum atomic E-state index is 11.5. The van der Waals surface area contributed by atoms with Crippen molar-refractivity contribution in [1.29, 1.82) is 0 Å². The molecule has 1 amide bonds. The molecule has 1 aromatic carbocycles. The molecule has 0 aliphatic heterocycles. The van der Waals surface area contributed by atoms with Gasteiger partial charge in [0, 0.05) is 13.0 Å². The molecular formula is C13H17NO5. The van der Waals surface area contributed by atoms with Gasteiger partial charge in [-0.05, 0) is 19.1 Å². The van der Waals surface area contributed by atoms with Crippen LogP contribution in [0, 0.1) is 6.92 Å². The fraction of sp³-hybridized carbons (Fsp3) is 0.385. The topological polar surface area (TPSA) is 95.9 Å². The summed E-state index contributed by atoms with van der Waals surface area (Å²) in [5.41, 5.74) is 1.07. The van der Waals surface area contributed by atoms with Crippen LogP contribution in [-0.2, 0) is 9.59 Å². The summed E-state index contributed by atoms with van der Waals surface area (Å²) < 4.78 is 5.21. The minimum atomic E-state index is -1.18. The third kappa shape index (κ3) is 5.39. The van der Waals surface area contributed by atoms with Gasteiger partial charge in [-0.2, -0.15) is 0 Å². The van der Waals surface area contributed by atoms with Gasteiger partial charge in [0.25, 0.3) is 5.91 Å². The van der Waals surface area contributed by atoms with Gasteiger partial charge in [0.05, 0.1) is 0 Å². The second-order valence-corrected chi connectivity index (χ2v) is 4.07. The summed E-state index contributed by atoms with van der Waals surface area (Å²) in [6.07, 6.45) is -0.0361. The highest BCUT2D eigenvalue weighted by molar-refractivity contribution is 5.84. The van der Waals surface area contributed by atoms with E-state index in [1.807, 2.05) is 19.1 Å². The molecule has 1 atom stereocenters. The van der Waals surface area contributed by atoms with Crippen molar-refractivity contribution in [2.24, 2.45) is 0 Å². The van der Waals surface area contributed by atoms with Crippen LogP contribution in [0.4, 0.5) is 0 Å². The van der Waals surface area contributed by atoms with Crippen molar-refractivity contribution in [2.75, 3.05) is 13.2 Å². The molecule has 0 unspecified atom stereocenters. The number of carbonyl (C=O) groups excluding carboxylic acids is 1. The molecule has 0 aliphatic carbocycles. The largest absolute Gasteiger partial charge is 0.484 e. The number of aryl methyl sites for hydroxylation is 1. The van der Waals surface area contributed by atoms with E-state index in [0.717, 1.165) is 5.56 Å². The first-order valence-electron chi connectivity index (χ1n) is 5.85. The molecule has 0 heterocycles. The Kier molecular flexibility index (Phi) is 5.81. The summed E-state index contributed by atoms with van der Waals surface area (Å²) in [7, 11) is 0. The average molecular weight is 267 g/mol. The lowest BCUT2D eigenvalue weighted by Crippen LogP contribution is -2.43. The quantitative estimate of drug-likeness (QED) is 0.661. The normalized spacial score (nSPS) is 11.7. The zero-order valence-corrected chi connectivity index (χ0v) is 10.6. The van der Waals surface area contributed by atoms with Gasteiger partial charge in [0.2, 0.25) is 0 Å². The van der Waals surface area contributed by atoms with E-state index in [9.17, 15) is 9.59 Å². The number of ether oxygens (including phenoxy) is 1. The van der Waals surface area contributed by atoms with Gasteiger partial charge in [-0.25, -0.2) is 4.79 Å². The van der Waals surface area contributed by atoms with Crippen molar-refractivity contribution < 1.29 is 24.5 Å². The van der Waals surface area contributed by atoms with Crippen LogP contribution >= 0.6 is 0 Å². The Balaban J connectivity index is 2.42. The van der Waals surface area contributed by atoms with Gasteiger partial charge in [-0.15, -0.1) is 0 Å². The molecule has 0 aromatic heterocycles. The number of rotatable bonds is 7. The predicted octanol–water partition coefficient (Wildman–Crippen LogP) is 0.326. The van der Waals surface area contributed by atoms with E-state index in [2.05, 4.69) is 5.32 Å². The van der Waals surface area contributed by atoms with E-state index in [0.29, 0.717) is 5.75 Å². The van der Waals surface area contributed by atoms with E-state index in [1.165, 1.54) is 0 Å². The summed E-state index contributed by atoms with van der Waals surface area (Å²) in [5.74, 6) is -1.19. The molecule has 0 radical (unpaired) electrons. The summed E-state index contributed by atoms with van der Waals surface area (Å²) in [5, 5.41) is 19.8. The van der Waals surface area contributed by atoms with Crippen molar-refractivity contribution in [2.45, 2.75) is 19.4 Å². The van der Waals surface area contributed by atoms with Crippen molar-refractivity contribution in [1.82, 2.24) is 5.32 Å². The lowest BCUT2D eigenvalue weighted by Gasteiger charge is -2.13. The highest BCUT2D eigenvalue weighted by Gasteiger charge is 2.19. The van der Waals surface area contributed by atoms with Crippen LogP contribution in [0.25, 0.3) is 0 Å².